The first-order chi connectivity index (χ1) is 15.0. The molecule has 0 unspecified atom stereocenters. The lowest BCUT2D eigenvalue weighted by Crippen LogP contribution is -2.31. The monoisotopic (exact) mass is 417 g/mol. The summed E-state index contributed by atoms with van der Waals surface area (Å²) in [7, 11) is 0. The van der Waals surface area contributed by atoms with Gasteiger partial charge in [0.05, 0.1) is 17.3 Å². The third-order valence-corrected chi connectivity index (χ3v) is 4.67. The minimum atomic E-state index is -0.371. The molecule has 31 heavy (non-hydrogen) atoms. The van der Waals surface area contributed by atoms with Crippen molar-refractivity contribution in [1.29, 1.82) is 0 Å². The minimum absolute atomic E-state index is 0.0176. The van der Waals surface area contributed by atoms with Gasteiger partial charge < -0.3 is 10.1 Å². The van der Waals surface area contributed by atoms with Gasteiger partial charge in [-0.2, -0.15) is 0 Å². The molecule has 0 aliphatic carbocycles. The number of aromatic nitrogens is 4. The van der Waals surface area contributed by atoms with Gasteiger partial charge in [-0.25, -0.2) is 14.6 Å². The third-order valence-electron chi connectivity index (χ3n) is 4.67. The van der Waals surface area contributed by atoms with Gasteiger partial charge >= 0.3 is 6.01 Å². The SMILES string of the molecule is Cc1cc(Oc2ncccn2)ccc1NC(=O)CCn1[nH]c(=O)c2ccccc2c1=O. The van der Waals surface area contributed by atoms with Crippen LogP contribution in [0.1, 0.15) is 12.0 Å². The van der Waals surface area contributed by atoms with E-state index in [1.165, 1.54) is 0 Å². The van der Waals surface area contributed by atoms with Crippen LogP contribution in [0.5, 0.6) is 11.8 Å². The van der Waals surface area contributed by atoms with Crippen molar-refractivity contribution in [2.24, 2.45) is 0 Å². The number of aromatic amines is 1. The number of hydrogen-bond donors (Lipinski definition) is 2. The maximum absolute atomic E-state index is 12.5. The number of benzene rings is 2. The summed E-state index contributed by atoms with van der Waals surface area (Å²) in [5.74, 6) is 0.256. The highest BCUT2D eigenvalue weighted by Crippen LogP contribution is 2.24. The van der Waals surface area contributed by atoms with Crippen LogP contribution in [0, 0.1) is 6.92 Å². The van der Waals surface area contributed by atoms with E-state index in [1.807, 2.05) is 6.92 Å². The normalized spacial score (nSPS) is 10.7. The fourth-order valence-corrected chi connectivity index (χ4v) is 3.11. The van der Waals surface area contributed by atoms with Crippen LogP contribution in [-0.2, 0) is 11.3 Å². The number of rotatable bonds is 6. The molecule has 156 valence electrons. The van der Waals surface area contributed by atoms with E-state index in [9.17, 15) is 14.4 Å². The molecule has 0 saturated heterocycles. The Morgan fingerprint density at radius 3 is 2.55 bits per heavy atom. The molecule has 2 heterocycles. The third kappa shape index (κ3) is 4.50. The van der Waals surface area contributed by atoms with Gasteiger partial charge in [0.15, 0.2) is 0 Å². The quantitative estimate of drug-likeness (QED) is 0.498. The summed E-state index contributed by atoms with van der Waals surface area (Å²) < 4.78 is 6.74. The molecule has 0 fully saturated rings. The largest absolute Gasteiger partial charge is 0.424 e. The summed E-state index contributed by atoms with van der Waals surface area (Å²) in [6.07, 6.45) is 3.18. The van der Waals surface area contributed by atoms with Gasteiger partial charge in [-0.15, -0.1) is 0 Å². The predicted molar refractivity (Wildman–Crippen MR) is 115 cm³/mol. The fraction of sp³-hybridized carbons (Fsp3) is 0.136. The number of carbonyl (C=O) groups excluding carboxylic acids is 1. The Morgan fingerprint density at radius 1 is 1.06 bits per heavy atom. The standard InChI is InChI=1S/C22H19N5O4/c1-14-13-15(31-22-23-10-4-11-24-22)7-8-18(14)25-19(28)9-12-27-21(30)17-6-3-2-5-16(17)20(29)26-27/h2-8,10-11,13H,9,12H2,1H3,(H,25,28)(H,26,29). The van der Waals surface area contributed by atoms with Crippen LogP contribution in [0.2, 0.25) is 0 Å². The number of anilines is 1. The van der Waals surface area contributed by atoms with Gasteiger partial charge in [0.25, 0.3) is 11.1 Å². The van der Waals surface area contributed by atoms with Gasteiger partial charge in [-0.1, -0.05) is 12.1 Å². The van der Waals surface area contributed by atoms with E-state index < -0.39 is 0 Å². The first-order valence-electron chi connectivity index (χ1n) is 9.58. The van der Waals surface area contributed by atoms with Crippen LogP contribution in [0.25, 0.3) is 10.8 Å². The molecular weight excluding hydrogens is 398 g/mol. The molecule has 9 heteroatoms. The highest BCUT2D eigenvalue weighted by atomic mass is 16.5. The highest BCUT2D eigenvalue weighted by molar-refractivity contribution is 5.91. The molecule has 0 radical (unpaired) electrons. The molecule has 4 rings (SSSR count). The average molecular weight is 417 g/mol. The van der Waals surface area contributed by atoms with Gasteiger partial charge in [0, 0.05) is 24.5 Å². The maximum atomic E-state index is 12.5. The van der Waals surface area contributed by atoms with E-state index in [-0.39, 0.29) is 36.0 Å². The van der Waals surface area contributed by atoms with Crippen molar-refractivity contribution < 1.29 is 9.53 Å². The second-order valence-electron chi connectivity index (χ2n) is 6.85. The average Bonchev–Trinajstić information content (AvgIpc) is 2.78. The van der Waals surface area contributed by atoms with Crippen molar-refractivity contribution in [3.05, 3.63) is 87.2 Å². The van der Waals surface area contributed by atoms with Gasteiger partial charge in [-0.3, -0.25) is 19.5 Å². The molecule has 0 spiro atoms. The molecule has 0 saturated carbocycles. The zero-order valence-corrected chi connectivity index (χ0v) is 16.7. The minimum Gasteiger partial charge on any atom is -0.424 e. The highest BCUT2D eigenvalue weighted by Gasteiger charge is 2.10. The summed E-state index contributed by atoms with van der Waals surface area (Å²) in [6, 6.07) is 13.7. The number of ether oxygens (including phenoxy) is 1. The fourth-order valence-electron chi connectivity index (χ4n) is 3.11. The van der Waals surface area contributed by atoms with Crippen molar-refractivity contribution >= 4 is 22.4 Å². The van der Waals surface area contributed by atoms with Crippen LogP contribution in [0.4, 0.5) is 5.69 Å². The topological polar surface area (TPSA) is 119 Å². The number of nitrogens with zero attached hydrogens (tertiary/aromatic N) is 3. The number of H-pyrrole nitrogens is 1. The summed E-state index contributed by atoms with van der Waals surface area (Å²) in [4.78, 5) is 45.1. The van der Waals surface area contributed by atoms with Gasteiger partial charge in [0.2, 0.25) is 5.91 Å². The Morgan fingerprint density at radius 2 is 1.81 bits per heavy atom. The van der Waals surface area contributed by atoms with Crippen LogP contribution < -0.4 is 21.2 Å². The van der Waals surface area contributed by atoms with Gasteiger partial charge in [-0.05, 0) is 48.9 Å². The molecule has 0 aliphatic heterocycles. The van der Waals surface area contributed by atoms with Gasteiger partial charge in [0.1, 0.15) is 5.75 Å². The Balaban J connectivity index is 1.42. The van der Waals surface area contributed by atoms with E-state index in [2.05, 4.69) is 20.4 Å². The number of amides is 1. The number of aryl methyl sites for hydroxylation is 2. The van der Waals surface area contributed by atoms with E-state index >= 15 is 0 Å². The summed E-state index contributed by atoms with van der Waals surface area (Å²) in [5.41, 5.74) is 0.692. The van der Waals surface area contributed by atoms with Crippen LogP contribution >= 0.6 is 0 Å². The molecule has 0 bridgehead atoms. The second-order valence-corrected chi connectivity index (χ2v) is 6.85. The molecule has 2 N–H and O–H groups in total. The first-order valence-corrected chi connectivity index (χ1v) is 9.58. The molecular formula is C22H19N5O4. The Labute approximate surface area is 176 Å². The molecule has 0 aliphatic rings. The molecule has 2 aromatic carbocycles. The number of fused-ring (bicyclic) bond motifs is 1. The van der Waals surface area contributed by atoms with Crippen molar-refractivity contribution in [3.8, 4) is 11.8 Å². The maximum Gasteiger partial charge on any atom is 0.321 e. The second kappa shape index (κ2) is 8.62. The van der Waals surface area contributed by atoms with Crippen molar-refractivity contribution in [2.75, 3.05) is 5.32 Å². The molecule has 4 aromatic rings. The number of carbonyl (C=O) groups is 1. The Hall–Kier alpha value is -4.27. The summed E-state index contributed by atoms with van der Waals surface area (Å²) in [6.45, 7) is 1.88. The number of nitrogens with one attached hydrogen (secondary N) is 2. The molecule has 2 aromatic heterocycles. The zero-order chi connectivity index (χ0) is 21.8. The summed E-state index contributed by atoms with van der Waals surface area (Å²) in [5, 5.41) is 5.98. The lowest BCUT2D eigenvalue weighted by molar-refractivity contribution is -0.116. The lowest BCUT2D eigenvalue weighted by atomic mass is 10.2. The van der Waals surface area contributed by atoms with Crippen LogP contribution in [0.3, 0.4) is 0 Å². The molecule has 1 amide bonds. The first kappa shape index (κ1) is 20.0. The molecule has 0 atom stereocenters. The molecule has 9 nitrogen and oxygen atoms in total. The van der Waals surface area contributed by atoms with Crippen molar-refractivity contribution in [3.63, 3.8) is 0 Å². The number of hydrogen-bond acceptors (Lipinski definition) is 6. The van der Waals surface area contributed by atoms with E-state index in [4.69, 9.17) is 4.74 Å². The Bertz CT molecular complexity index is 1360. The van der Waals surface area contributed by atoms with Crippen molar-refractivity contribution in [2.45, 2.75) is 19.9 Å². The van der Waals surface area contributed by atoms with E-state index in [0.29, 0.717) is 22.2 Å². The summed E-state index contributed by atoms with van der Waals surface area (Å²) >= 11 is 0. The van der Waals surface area contributed by atoms with Crippen LogP contribution in [-0.4, -0.2) is 25.7 Å². The lowest BCUT2D eigenvalue weighted by Gasteiger charge is -2.11. The van der Waals surface area contributed by atoms with Crippen LogP contribution in [0.15, 0.2) is 70.5 Å². The smallest absolute Gasteiger partial charge is 0.321 e. The Kier molecular flexibility index (Phi) is 5.57. The van der Waals surface area contributed by atoms with E-state index in [1.54, 1.807) is 60.9 Å². The zero-order valence-electron chi connectivity index (χ0n) is 16.7. The van der Waals surface area contributed by atoms with Crippen molar-refractivity contribution in [1.82, 2.24) is 19.7 Å². The van der Waals surface area contributed by atoms with E-state index in [0.717, 1.165) is 10.2 Å². The predicted octanol–water partition coefficient (Wildman–Crippen LogP) is 2.61.